The fraction of sp³-hybridized carbons (Fsp3) is 0.250. The first-order valence-electron chi connectivity index (χ1n) is 8.57. The van der Waals surface area contributed by atoms with Gasteiger partial charge in [0.1, 0.15) is 4.99 Å². The molecule has 0 saturated carbocycles. The number of thiocarbonyl (C=S) groups is 1. The summed E-state index contributed by atoms with van der Waals surface area (Å²) >= 11 is 5.05. The van der Waals surface area contributed by atoms with Crippen LogP contribution in [0.2, 0.25) is 0 Å². The molecular weight excluding hydrogens is 371 g/mol. The van der Waals surface area contributed by atoms with Crippen LogP contribution in [0.25, 0.3) is 22.0 Å². The monoisotopic (exact) mass is 391 g/mol. The van der Waals surface area contributed by atoms with E-state index in [0.29, 0.717) is 11.5 Å². The Labute approximate surface area is 160 Å². The molecule has 0 radical (unpaired) electrons. The number of hydrogen-bond donors (Lipinski definition) is 2. The molecule has 4 N–H and O–H groups in total. The number of halogens is 3. The van der Waals surface area contributed by atoms with E-state index in [1.807, 2.05) is 53.2 Å². The third-order valence-electron chi connectivity index (χ3n) is 4.50. The fourth-order valence-corrected chi connectivity index (χ4v) is 3.30. The van der Waals surface area contributed by atoms with E-state index < -0.39 is 12.6 Å². The Morgan fingerprint density at radius 3 is 2.56 bits per heavy atom. The molecule has 1 heterocycles. The summed E-state index contributed by atoms with van der Waals surface area (Å²) < 4.78 is 39.5. The van der Waals surface area contributed by atoms with Crippen LogP contribution in [0.4, 0.5) is 13.2 Å². The Kier molecular flexibility index (Phi) is 5.53. The van der Waals surface area contributed by atoms with Gasteiger partial charge in [-0.05, 0) is 29.7 Å². The van der Waals surface area contributed by atoms with Gasteiger partial charge in [0.2, 0.25) is 0 Å². The smallest absolute Gasteiger partial charge is 0.389 e. The number of hydrogen-bond acceptors (Lipinski definition) is 2. The van der Waals surface area contributed by atoms with Gasteiger partial charge in [0.25, 0.3) is 0 Å². The molecule has 0 fully saturated rings. The summed E-state index contributed by atoms with van der Waals surface area (Å²) in [7, 11) is 0. The largest absolute Gasteiger partial charge is 0.389 e. The van der Waals surface area contributed by atoms with Crippen molar-refractivity contribution < 1.29 is 13.2 Å². The van der Waals surface area contributed by atoms with Crippen molar-refractivity contribution in [3.8, 4) is 11.1 Å². The van der Waals surface area contributed by atoms with E-state index in [1.165, 1.54) is 0 Å². The van der Waals surface area contributed by atoms with Crippen LogP contribution < -0.4 is 11.5 Å². The van der Waals surface area contributed by atoms with Crippen LogP contribution in [-0.2, 0) is 13.1 Å². The first-order chi connectivity index (χ1) is 12.8. The van der Waals surface area contributed by atoms with Crippen LogP contribution in [-0.4, -0.2) is 15.7 Å². The normalized spacial score (nSPS) is 11.9. The van der Waals surface area contributed by atoms with Gasteiger partial charge in [0.05, 0.1) is 0 Å². The molecule has 0 spiro atoms. The number of nitrogens with two attached hydrogens (primary N) is 2. The van der Waals surface area contributed by atoms with Gasteiger partial charge in [-0.2, -0.15) is 13.2 Å². The lowest BCUT2D eigenvalue weighted by atomic mass is 10.0. The third kappa shape index (κ3) is 4.48. The van der Waals surface area contributed by atoms with Crippen LogP contribution in [0.5, 0.6) is 0 Å². The van der Waals surface area contributed by atoms with E-state index >= 15 is 0 Å². The number of nitrogens with zero attached hydrogens (tertiary/aromatic N) is 1. The van der Waals surface area contributed by atoms with E-state index in [1.54, 1.807) is 0 Å². The molecule has 0 aliphatic heterocycles. The molecular formula is C20H20F3N3S. The number of rotatable bonds is 6. The highest BCUT2D eigenvalue weighted by atomic mass is 32.1. The van der Waals surface area contributed by atoms with E-state index in [-0.39, 0.29) is 13.0 Å². The quantitative estimate of drug-likeness (QED) is 0.597. The second-order valence-corrected chi connectivity index (χ2v) is 6.90. The molecule has 2 aromatic carbocycles. The zero-order valence-corrected chi connectivity index (χ0v) is 15.4. The molecule has 0 unspecified atom stereocenters. The molecule has 27 heavy (non-hydrogen) atoms. The second-order valence-electron chi connectivity index (χ2n) is 6.46. The highest BCUT2D eigenvalue weighted by molar-refractivity contribution is 7.80. The van der Waals surface area contributed by atoms with Gasteiger partial charge in [0, 0.05) is 47.7 Å². The van der Waals surface area contributed by atoms with Crippen molar-refractivity contribution in [2.45, 2.75) is 32.1 Å². The zero-order valence-electron chi connectivity index (χ0n) is 14.6. The van der Waals surface area contributed by atoms with Gasteiger partial charge in [-0.15, -0.1) is 0 Å². The van der Waals surface area contributed by atoms with Crippen molar-refractivity contribution in [3.05, 3.63) is 59.8 Å². The molecule has 0 bridgehead atoms. The van der Waals surface area contributed by atoms with Crippen LogP contribution in [0, 0.1) is 0 Å². The lowest BCUT2D eigenvalue weighted by molar-refractivity contribution is -0.135. The van der Waals surface area contributed by atoms with Crippen molar-refractivity contribution in [3.63, 3.8) is 0 Å². The average molecular weight is 391 g/mol. The molecule has 3 rings (SSSR count). The van der Waals surface area contributed by atoms with E-state index in [0.717, 1.165) is 33.2 Å². The minimum absolute atomic E-state index is 0.0203. The fourth-order valence-electron chi connectivity index (χ4n) is 3.17. The first kappa shape index (κ1) is 19.4. The number of fused-ring (bicyclic) bond motifs is 1. The minimum Gasteiger partial charge on any atom is -0.389 e. The molecule has 0 saturated heterocycles. The molecule has 0 atom stereocenters. The van der Waals surface area contributed by atoms with Crippen LogP contribution in [0.15, 0.2) is 48.7 Å². The Morgan fingerprint density at radius 1 is 1.11 bits per heavy atom. The van der Waals surface area contributed by atoms with Crippen molar-refractivity contribution in [1.82, 2.24) is 4.57 Å². The summed E-state index contributed by atoms with van der Waals surface area (Å²) in [4.78, 5) is 0.302. The Balaban J connectivity index is 2.05. The maximum Gasteiger partial charge on any atom is 0.389 e. The lowest BCUT2D eigenvalue weighted by Gasteiger charge is -2.08. The predicted molar refractivity (Wildman–Crippen MR) is 106 cm³/mol. The molecule has 0 aliphatic carbocycles. The van der Waals surface area contributed by atoms with Crippen LogP contribution in [0.3, 0.4) is 0 Å². The van der Waals surface area contributed by atoms with Gasteiger partial charge in [-0.3, -0.25) is 0 Å². The Morgan fingerprint density at radius 2 is 1.89 bits per heavy atom. The van der Waals surface area contributed by atoms with Crippen molar-refractivity contribution >= 4 is 28.1 Å². The van der Waals surface area contributed by atoms with Crippen molar-refractivity contribution in [2.24, 2.45) is 11.5 Å². The standard InChI is InChI=1S/C20H20F3N3S/c21-20(22,23)7-2-8-26-12-17(14-3-1-4-15(10-14)19(25)27)16-6-5-13(11-24)9-18(16)26/h1,3-6,9-10,12H,2,7-8,11,24H2,(H2,25,27). The number of benzene rings is 2. The first-order valence-corrected chi connectivity index (χ1v) is 8.98. The molecule has 1 aromatic heterocycles. The molecule has 0 amide bonds. The van der Waals surface area contributed by atoms with E-state index in [2.05, 4.69) is 0 Å². The lowest BCUT2D eigenvalue weighted by Crippen LogP contribution is -2.09. The number of alkyl halides is 3. The summed E-state index contributed by atoms with van der Waals surface area (Å²) in [5.41, 5.74) is 15.9. The van der Waals surface area contributed by atoms with Crippen LogP contribution in [0.1, 0.15) is 24.0 Å². The molecule has 142 valence electrons. The van der Waals surface area contributed by atoms with E-state index in [9.17, 15) is 13.2 Å². The summed E-state index contributed by atoms with van der Waals surface area (Å²) in [5, 5.41) is 0.958. The van der Waals surface area contributed by atoms with Crippen LogP contribution >= 0.6 is 12.2 Å². The van der Waals surface area contributed by atoms with Gasteiger partial charge < -0.3 is 16.0 Å². The Hall–Kier alpha value is -2.38. The molecule has 0 aliphatic rings. The molecule has 3 nitrogen and oxygen atoms in total. The molecule has 7 heteroatoms. The summed E-state index contributed by atoms with van der Waals surface area (Å²) in [6, 6.07) is 13.4. The van der Waals surface area contributed by atoms with Crippen molar-refractivity contribution in [2.75, 3.05) is 0 Å². The highest BCUT2D eigenvalue weighted by Gasteiger charge is 2.26. The second kappa shape index (κ2) is 7.70. The zero-order chi connectivity index (χ0) is 19.6. The summed E-state index contributed by atoms with van der Waals surface area (Å²) in [6.45, 7) is 0.648. The average Bonchev–Trinajstić information content (AvgIpc) is 2.98. The molecule has 3 aromatic rings. The van der Waals surface area contributed by atoms with Gasteiger partial charge in [-0.25, -0.2) is 0 Å². The van der Waals surface area contributed by atoms with Gasteiger partial charge >= 0.3 is 6.18 Å². The predicted octanol–water partition coefficient (Wildman–Crippen LogP) is 4.74. The van der Waals surface area contributed by atoms with Crippen molar-refractivity contribution in [1.29, 1.82) is 0 Å². The highest BCUT2D eigenvalue weighted by Crippen LogP contribution is 2.32. The van der Waals surface area contributed by atoms with E-state index in [4.69, 9.17) is 23.7 Å². The topological polar surface area (TPSA) is 57.0 Å². The number of aryl methyl sites for hydroxylation is 1. The third-order valence-corrected chi connectivity index (χ3v) is 4.74. The maximum atomic E-state index is 12.5. The maximum absolute atomic E-state index is 12.5. The van der Waals surface area contributed by atoms with Gasteiger partial charge in [-0.1, -0.05) is 42.5 Å². The number of aromatic nitrogens is 1. The SMILES string of the molecule is NCc1ccc2c(-c3cccc(C(N)=S)c3)cn(CCCC(F)(F)F)c2c1. The summed E-state index contributed by atoms with van der Waals surface area (Å²) in [6.07, 6.45) is -3.05. The minimum atomic E-state index is -4.15. The Bertz CT molecular complexity index is 976. The van der Waals surface area contributed by atoms with Gasteiger partial charge in [0.15, 0.2) is 0 Å². The summed E-state index contributed by atoms with van der Waals surface area (Å²) in [5.74, 6) is 0.